The Hall–Kier alpha value is -1.11. The summed E-state index contributed by atoms with van der Waals surface area (Å²) in [5.41, 5.74) is 2.61. The Morgan fingerprint density at radius 2 is 1.64 bits per heavy atom. The van der Waals surface area contributed by atoms with Gasteiger partial charge in [0.05, 0.1) is 11.3 Å². The molecule has 1 nitrogen and oxygen atoms in total. The van der Waals surface area contributed by atoms with Crippen molar-refractivity contribution in [2.24, 2.45) is 4.99 Å². The fraction of sp³-hybridized carbons (Fsp3) is 0.300. The van der Waals surface area contributed by atoms with E-state index < -0.39 is 0 Å². The SMILES string of the molecule is CC1(C)N=C1c1ccccc1. The van der Waals surface area contributed by atoms with Gasteiger partial charge in [-0.25, -0.2) is 0 Å². The Labute approximate surface area is 66.8 Å². The molecule has 1 aromatic carbocycles. The van der Waals surface area contributed by atoms with Gasteiger partial charge in [-0.3, -0.25) is 4.99 Å². The normalized spacial score (nSPS) is 19.3. The van der Waals surface area contributed by atoms with Crippen molar-refractivity contribution in [3.8, 4) is 0 Å². The van der Waals surface area contributed by atoms with E-state index in [2.05, 4.69) is 31.0 Å². The smallest absolute Gasteiger partial charge is 0.0976 e. The molecule has 0 saturated heterocycles. The van der Waals surface area contributed by atoms with Gasteiger partial charge in [0.25, 0.3) is 0 Å². The summed E-state index contributed by atoms with van der Waals surface area (Å²) in [6.45, 7) is 4.27. The quantitative estimate of drug-likeness (QED) is 0.574. The lowest BCUT2D eigenvalue weighted by atomic mass is 10.0. The fourth-order valence-electron chi connectivity index (χ4n) is 1.27. The standard InChI is InChI=1S/C10H11N/c1-10(2)9(11-10)8-6-4-3-5-7-8/h3-7H,1-2H3. The van der Waals surface area contributed by atoms with Gasteiger partial charge in [-0.1, -0.05) is 30.3 Å². The highest BCUT2D eigenvalue weighted by atomic mass is 15.0. The third-order valence-corrected chi connectivity index (χ3v) is 1.97. The number of hydrogen-bond donors (Lipinski definition) is 0. The Morgan fingerprint density at radius 1 is 1.09 bits per heavy atom. The molecule has 0 saturated carbocycles. The molecule has 2 rings (SSSR count). The van der Waals surface area contributed by atoms with Gasteiger partial charge >= 0.3 is 0 Å². The Bertz CT molecular complexity index is 296. The van der Waals surface area contributed by atoms with Crippen LogP contribution in [0.25, 0.3) is 0 Å². The Morgan fingerprint density at radius 3 is 2.09 bits per heavy atom. The van der Waals surface area contributed by atoms with E-state index in [9.17, 15) is 0 Å². The van der Waals surface area contributed by atoms with Crippen LogP contribution in [0, 0.1) is 0 Å². The lowest BCUT2D eigenvalue weighted by Gasteiger charge is -1.97. The van der Waals surface area contributed by atoms with E-state index in [0.29, 0.717) is 0 Å². The van der Waals surface area contributed by atoms with E-state index >= 15 is 0 Å². The van der Waals surface area contributed by atoms with Crippen LogP contribution >= 0.6 is 0 Å². The first-order chi connectivity index (χ1) is 5.20. The van der Waals surface area contributed by atoms with Gasteiger partial charge in [-0.2, -0.15) is 0 Å². The topological polar surface area (TPSA) is 12.4 Å². The zero-order valence-corrected chi connectivity index (χ0v) is 6.83. The largest absolute Gasteiger partial charge is 0.274 e. The highest BCUT2D eigenvalue weighted by Gasteiger charge is 2.37. The fourth-order valence-corrected chi connectivity index (χ4v) is 1.27. The first-order valence-electron chi connectivity index (χ1n) is 3.86. The molecule has 0 N–H and O–H groups in total. The van der Waals surface area contributed by atoms with Gasteiger partial charge in [0.15, 0.2) is 0 Å². The van der Waals surface area contributed by atoms with Gasteiger partial charge in [0.1, 0.15) is 0 Å². The van der Waals surface area contributed by atoms with Crippen LogP contribution in [0.5, 0.6) is 0 Å². The Kier molecular flexibility index (Phi) is 1.16. The van der Waals surface area contributed by atoms with Gasteiger partial charge in [0.2, 0.25) is 0 Å². The van der Waals surface area contributed by atoms with Gasteiger partial charge in [-0.15, -0.1) is 0 Å². The third-order valence-electron chi connectivity index (χ3n) is 1.97. The summed E-state index contributed by atoms with van der Waals surface area (Å²) in [6.07, 6.45) is 0. The molecule has 1 heterocycles. The second-order valence-electron chi connectivity index (χ2n) is 3.39. The van der Waals surface area contributed by atoms with Gasteiger partial charge in [-0.05, 0) is 19.4 Å². The summed E-state index contributed by atoms with van der Waals surface area (Å²) < 4.78 is 0. The average Bonchev–Trinajstić information content (AvgIpc) is 2.62. The van der Waals surface area contributed by atoms with E-state index in [4.69, 9.17) is 0 Å². The molecule has 1 aliphatic rings. The van der Waals surface area contributed by atoms with Crippen LogP contribution in [0.1, 0.15) is 19.4 Å². The van der Waals surface area contributed by atoms with Crippen molar-refractivity contribution < 1.29 is 0 Å². The minimum Gasteiger partial charge on any atom is -0.274 e. The van der Waals surface area contributed by atoms with E-state index in [0.717, 1.165) is 0 Å². The maximum Gasteiger partial charge on any atom is 0.0976 e. The molecule has 1 aromatic rings. The van der Waals surface area contributed by atoms with Crippen molar-refractivity contribution in [3.05, 3.63) is 35.9 Å². The first kappa shape index (κ1) is 6.59. The van der Waals surface area contributed by atoms with Crippen LogP contribution < -0.4 is 0 Å². The molecule has 0 amide bonds. The molecule has 1 aliphatic heterocycles. The van der Waals surface area contributed by atoms with Crippen LogP contribution in [0.2, 0.25) is 0 Å². The number of aliphatic imine (C=N–C) groups is 1. The molecule has 0 atom stereocenters. The second kappa shape index (κ2) is 1.94. The molecule has 0 bridgehead atoms. The van der Waals surface area contributed by atoms with Crippen molar-refractivity contribution in [1.29, 1.82) is 0 Å². The van der Waals surface area contributed by atoms with Gasteiger partial charge in [0, 0.05) is 0 Å². The molecule has 56 valence electrons. The molecule has 0 aliphatic carbocycles. The molecule has 0 spiro atoms. The zero-order valence-electron chi connectivity index (χ0n) is 6.83. The van der Waals surface area contributed by atoms with E-state index in [1.165, 1.54) is 11.3 Å². The molecular weight excluding hydrogens is 134 g/mol. The highest BCUT2D eigenvalue weighted by molar-refractivity contribution is 6.16. The van der Waals surface area contributed by atoms with Crippen molar-refractivity contribution in [2.75, 3.05) is 0 Å². The first-order valence-corrected chi connectivity index (χ1v) is 3.86. The van der Waals surface area contributed by atoms with Crippen molar-refractivity contribution in [3.63, 3.8) is 0 Å². The Balaban J connectivity index is 2.28. The van der Waals surface area contributed by atoms with E-state index in [1.54, 1.807) is 0 Å². The maximum atomic E-state index is 4.37. The number of nitrogens with zero attached hydrogens (tertiary/aromatic N) is 1. The van der Waals surface area contributed by atoms with Crippen LogP contribution in [0.3, 0.4) is 0 Å². The second-order valence-corrected chi connectivity index (χ2v) is 3.39. The third kappa shape index (κ3) is 1.07. The highest BCUT2D eigenvalue weighted by Crippen LogP contribution is 2.30. The van der Waals surface area contributed by atoms with Crippen LogP contribution in [-0.2, 0) is 0 Å². The predicted molar refractivity (Wildman–Crippen MR) is 47.1 cm³/mol. The summed E-state index contributed by atoms with van der Waals surface area (Å²) in [6, 6.07) is 10.3. The van der Waals surface area contributed by atoms with Crippen molar-refractivity contribution in [1.82, 2.24) is 0 Å². The summed E-state index contributed by atoms with van der Waals surface area (Å²) >= 11 is 0. The molecule has 11 heavy (non-hydrogen) atoms. The average molecular weight is 145 g/mol. The summed E-state index contributed by atoms with van der Waals surface area (Å²) in [7, 11) is 0. The summed E-state index contributed by atoms with van der Waals surface area (Å²) in [5.74, 6) is 0. The summed E-state index contributed by atoms with van der Waals surface area (Å²) in [4.78, 5) is 4.37. The number of hydrogen-bond acceptors (Lipinski definition) is 1. The zero-order chi connectivity index (χ0) is 7.90. The number of rotatable bonds is 1. The van der Waals surface area contributed by atoms with Gasteiger partial charge < -0.3 is 0 Å². The molecule has 0 aromatic heterocycles. The lowest BCUT2D eigenvalue weighted by molar-refractivity contribution is 0.825. The van der Waals surface area contributed by atoms with Crippen molar-refractivity contribution in [2.45, 2.75) is 19.4 Å². The van der Waals surface area contributed by atoms with Crippen molar-refractivity contribution >= 4 is 5.71 Å². The molecule has 1 heteroatoms. The molecule has 0 fully saturated rings. The van der Waals surface area contributed by atoms with E-state index in [-0.39, 0.29) is 5.54 Å². The lowest BCUT2D eigenvalue weighted by Crippen LogP contribution is -2.07. The van der Waals surface area contributed by atoms with Crippen LogP contribution in [0.15, 0.2) is 35.3 Å². The monoisotopic (exact) mass is 145 g/mol. The predicted octanol–water partition coefficient (Wildman–Crippen LogP) is 2.27. The minimum atomic E-state index is 0.112. The van der Waals surface area contributed by atoms with Crippen LogP contribution in [-0.4, -0.2) is 11.3 Å². The maximum absolute atomic E-state index is 4.37. The van der Waals surface area contributed by atoms with Crippen LogP contribution in [0.4, 0.5) is 0 Å². The molecular formula is C10H11N. The molecule has 0 radical (unpaired) electrons. The minimum absolute atomic E-state index is 0.112. The molecule has 0 unspecified atom stereocenters. The summed E-state index contributed by atoms with van der Waals surface area (Å²) in [5, 5.41) is 0. The number of benzene rings is 1. The van der Waals surface area contributed by atoms with E-state index in [1.807, 2.05) is 18.2 Å².